The summed E-state index contributed by atoms with van der Waals surface area (Å²) in [6.07, 6.45) is 0. The predicted octanol–water partition coefficient (Wildman–Crippen LogP) is 4.27. The number of likely N-dealkylation sites (N-methyl/N-ethyl adjacent to an activating group) is 1. The van der Waals surface area contributed by atoms with Crippen LogP contribution in [0, 0.1) is 0 Å². The number of benzene rings is 2. The van der Waals surface area contributed by atoms with Crippen LogP contribution in [0.25, 0.3) is 0 Å². The zero-order valence-corrected chi connectivity index (χ0v) is 15.0. The lowest BCUT2D eigenvalue weighted by atomic mass is 10.1. The summed E-state index contributed by atoms with van der Waals surface area (Å²) in [6.45, 7) is 2.12. The summed E-state index contributed by atoms with van der Waals surface area (Å²) in [7, 11) is 1.81. The molecule has 126 valence electrons. The zero-order chi connectivity index (χ0) is 17.7. The van der Waals surface area contributed by atoms with E-state index in [1.807, 2.05) is 24.1 Å². The van der Waals surface area contributed by atoms with Crippen LogP contribution in [0.15, 0.2) is 42.5 Å². The first kappa shape index (κ1) is 18.5. The molecule has 24 heavy (non-hydrogen) atoms. The number of anilines is 1. The van der Waals surface area contributed by atoms with Gasteiger partial charge in [-0.1, -0.05) is 47.5 Å². The highest BCUT2D eigenvalue weighted by molar-refractivity contribution is 6.42. The Kier molecular flexibility index (Phi) is 6.37. The van der Waals surface area contributed by atoms with Crippen LogP contribution in [0.2, 0.25) is 10.0 Å². The van der Waals surface area contributed by atoms with Crippen LogP contribution in [0.3, 0.4) is 0 Å². The summed E-state index contributed by atoms with van der Waals surface area (Å²) >= 11 is 12.2. The van der Waals surface area contributed by atoms with Gasteiger partial charge in [0, 0.05) is 12.1 Å². The summed E-state index contributed by atoms with van der Waals surface area (Å²) < 4.78 is 0. The van der Waals surface area contributed by atoms with Gasteiger partial charge >= 0.3 is 0 Å². The first-order valence-electron chi connectivity index (χ1n) is 7.39. The fraction of sp³-hybridized carbons (Fsp3) is 0.222. The number of amides is 1. The summed E-state index contributed by atoms with van der Waals surface area (Å²) in [5, 5.41) is 3.76. The Hall–Kier alpha value is -1.88. The average Bonchev–Trinajstić information content (AvgIpc) is 2.52. The number of hydrogen-bond donors (Lipinski definition) is 1. The van der Waals surface area contributed by atoms with Crippen molar-refractivity contribution in [1.82, 2.24) is 4.90 Å². The molecule has 2 aromatic carbocycles. The molecule has 0 aliphatic heterocycles. The quantitative estimate of drug-likeness (QED) is 0.778. The van der Waals surface area contributed by atoms with Crippen molar-refractivity contribution in [2.45, 2.75) is 13.5 Å². The van der Waals surface area contributed by atoms with Crippen LogP contribution < -0.4 is 5.32 Å². The molecule has 6 heteroatoms. The number of para-hydroxylation sites is 1. The Balaban J connectivity index is 2.00. The van der Waals surface area contributed by atoms with Gasteiger partial charge in [0.2, 0.25) is 5.91 Å². The van der Waals surface area contributed by atoms with Crippen LogP contribution in [0.5, 0.6) is 0 Å². The van der Waals surface area contributed by atoms with Gasteiger partial charge in [-0.2, -0.15) is 0 Å². The van der Waals surface area contributed by atoms with Gasteiger partial charge in [0.05, 0.1) is 22.3 Å². The number of ketones is 1. The fourth-order valence-corrected chi connectivity index (χ4v) is 2.73. The Morgan fingerprint density at radius 2 is 1.79 bits per heavy atom. The van der Waals surface area contributed by atoms with E-state index in [0.717, 1.165) is 5.56 Å². The Morgan fingerprint density at radius 1 is 1.08 bits per heavy atom. The number of Topliss-reactive ketones (excluding diaryl/α,β-unsaturated/α-hetero) is 1. The number of nitrogens with one attached hydrogen (secondary N) is 1. The van der Waals surface area contributed by atoms with Crippen LogP contribution >= 0.6 is 23.2 Å². The van der Waals surface area contributed by atoms with Crippen molar-refractivity contribution >= 4 is 40.6 Å². The maximum Gasteiger partial charge on any atom is 0.238 e. The summed E-state index contributed by atoms with van der Waals surface area (Å²) in [5.74, 6) is -0.297. The second-order valence-electron chi connectivity index (χ2n) is 5.54. The fourth-order valence-electron chi connectivity index (χ4n) is 2.35. The highest BCUT2D eigenvalue weighted by atomic mass is 35.5. The SMILES string of the molecule is CC(=O)c1ccccc1NC(=O)CN(C)Cc1cccc(Cl)c1Cl. The average molecular weight is 365 g/mol. The van der Waals surface area contributed by atoms with Crippen molar-refractivity contribution in [2.24, 2.45) is 0 Å². The van der Waals surface area contributed by atoms with E-state index in [1.54, 1.807) is 30.3 Å². The minimum absolute atomic E-state index is 0.0926. The van der Waals surface area contributed by atoms with Crippen LogP contribution in [0.1, 0.15) is 22.8 Å². The Morgan fingerprint density at radius 3 is 2.50 bits per heavy atom. The first-order chi connectivity index (χ1) is 11.4. The number of carbonyl (C=O) groups is 2. The second-order valence-corrected chi connectivity index (χ2v) is 6.32. The summed E-state index contributed by atoms with van der Waals surface area (Å²) in [6, 6.07) is 12.3. The smallest absolute Gasteiger partial charge is 0.238 e. The maximum absolute atomic E-state index is 12.2. The number of rotatable bonds is 6. The lowest BCUT2D eigenvalue weighted by Crippen LogP contribution is -2.30. The molecule has 0 atom stereocenters. The molecule has 0 bridgehead atoms. The molecule has 0 radical (unpaired) electrons. The highest BCUT2D eigenvalue weighted by Crippen LogP contribution is 2.26. The Bertz CT molecular complexity index is 762. The minimum atomic E-state index is -0.204. The van der Waals surface area contributed by atoms with E-state index in [2.05, 4.69) is 5.32 Å². The lowest BCUT2D eigenvalue weighted by molar-refractivity contribution is -0.117. The molecule has 0 aromatic heterocycles. The van der Waals surface area contributed by atoms with Crippen molar-refractivity contribution in [3.05, 3.63) is 63.6 Å². The van der Waals surface area contributed by atoms with Gasteiger partial charge in [-0.25, -0.2) is 0 Å². The largest absolute Gasteiger partial charge is 0.324 e. The van der Waals surface area contributed by atoms with Gasteiger partial charge in [-0.05, 0) is 37.7 Å². The van der Waals surface area contributed by atoms with Crippen LogP contribution in [-0.4, -0.2) is 30.2 Å². The third-order valence-electron chi connectivity index (χ3n) is 3.47. The zero-order valence-electron chi connectivity index (χ0n) is 13.5. The van der Waals surface area contributed by atoms with E-state index < -0.39 is 0 Å². The molecule has 1 N–H and O–H groups in total. The molecule has 2 aromatic rings. The molecule has 1 amide bonds. The van der Waals surface area contributed by atoms with E-state index in [1.165, 1.54) is 6.92 Å². The molecule has 0 aliphatic rings. The maximum atomic E-state index is 12.2. The normalized spacial score (nSPS) is 10.7. The second kappa shape index (κ2) is 8.29. The molecule has 4 nitrogen and oxygen atoms in total. The van der Waals surface area contributed by atoms with Gasteiger partial charge in [0.25, 0.3) is 0 Å². The van der Waals surface area contributed by atoms with Crippen molar-refractivity contribution in [3.63, 3.8) is 0 Å². The Labute approximate surface area is 151 Å². The van der Waals surface area contributed by atoms with Crippen molar-refractivity contribution in [1.29, 1.82) is 0 Å². The van der Waals surface area contributed by atoms with Crippen molar-refractivity contribution in [2.75, 3.05) is 18.9 Å². The number of carbonyl (C=O) groups excluding carboxylic acids is 2. The van der Waals surface area contributed by atoms with Gasteiger partial charge < -0.3 is 5.32 Å². The molecule has 0 saturated carbocycles. The molecule has 0 saturated heterocycles. The van der Waals surface area contributed by atoms with Crippen LogP contribution in [0.4, 0.5) is 5.69 Å². The molecular formula is C18H18Cl2N2O2. The molecule has 0 spiro atoms. The third kappa shape index (κ3) is 4.81. The molecule has 0 unspecified atom stereocenters. The van der Waals surface area contributed by atoms with Crippen molar-refractivity contribution < 1.29 is 9.59 Å². The molecule has 0 heterocycles. The van der Waals surface area contributed by atoms with Gasteiger partial charge in [-0.15, -0.1) is 0 Å². The van der Waals surface area contributed by atoms with Gasteiger partial charge in [-0.3, -0.25) is 14.5 Å². The first-order valence-corrected chi connectivity index (χ1v) is 8.15. The predicted molar refractivity (Wildman–Crippen MR) is 97.9 cm³/mol. The van der Waals surface area contributed by atoms with E-state index in [4.69, 9.17) is 23.2 Å². The number of nitrogens with zero attached hydrogens (tertiary/aromatic N) is 1. The van der Waals surface area contributed by atoms with E-state index in [0.29, 0.717) is 27.8 Å². The van der Waals surface area contributed by atoms with E-state index >= 15 is 0 Å². The molecule has 0 aliphatic carbocycles. The summed E-state index contributed by atoms with van der Waals surface area (Å²) in [5.41, 5.74) is 1.86. The van der Waals surface area contributed by atoms with E-state index in [-0.39, 0.29) is 18.2 Å². The molecule has 0 fully saturated rings. The molecule has 2 rings (SSSR count). The third-order valence-corrected chi connectivity index (χ3v) is 4.32. The molecular weight excluding hydrogens is 347 g/mol. The van der Waals surface area contributed by atoms with Crippen molar-refractivity contribution in [3.8, 4) is 0 Å². The van der Waals surface area contributed by atoms with Gasteiger partial charge in [0.1, 0.15) is 0 Å². The van der Waals surface area contributed by atoms with Crippen LogP contribution in [-0.2, 0) is 11.3 Å². The van der Waals surface area contributed by atoms with E-state index in [9.17, 15) is 9.59 Å². The number of halogens is 2. The topological polar surface area (TPSA) is 49.4 Å². The highest BCUT2D eigenvalue weighted by Gasteiger charge is 2.13. The monoisotopic (exact) mass is 364 g/mol. The summed E-state index contributed by atoms with van der Waals surface area (Å²) in [4.78, 5) is 25.6. The van der Waals surface area contributed by atoms with Gasteiger partial charge in [0.15, 0.2) is 5.78 Å². The standard InChI is InChI=1S/C18H18Cl2N2O2/c1-12(23)14-7-3-4-9-16(14)21-17(24)11-22(2)10-13-6-5-8-15(19)18(13)20/h3-9H,10-11H2,1-2H3,(H,21,24). The minimum Gasteiger partial charge on any atom is -0.324 e. The lowest BCUT2D eigenvalue weighted by Gasteiger charge is -2.18. The number of hydrogen-bond acceptors (Lipinski definition) is 3.